The van der Waals surface area contributed by atoms with Gasteiger partial charge in [-0.15, -0.1) is 0 Å². The van der Waals surface area contributed by atoms with Crippen molar-refractivity contribution in [1.82, 2.24) is 9.21 Å². The fourth-order valence-electron chi connectivity index (χ4n) is 2.70. The fraction of sp³-hybridized carbons (Fsp3) is 0.235. The number of piperazine rings is 1. The van der Waals surface area contributed by atoms with Crippen molar-refractivity contribution in [3.63, 3.8) is 0 Å². The maximum Gasteiger partial charge on any atom is 0.321 e. The molecule has 0 aromatic heterocycles. The average molecular weight is 432 g/mol. The molecule has 1 aliphatic rings. The van der Waals surface area contributed by atoms with Crippen molar-refractivity contribution in [3.8, 4) is 0 Å². The molecule has 1 saturated heterocycles. The van der Waals surface area contributed by atoms with Gasteiger partial charge in [0.15, 0.2) is 0 Å². The highest BCUT2D eigenvalue weighted by Crippen LogP contribution is 2.25. The van der Waals surface area contributed by atoms with Gasteiger partial charge in [-0.1, -0.05) is 35.3 Å². The van der Waals surface area contributed by atoms with Gasteiger partial charge in [-0.05, 0) is 30.3 Å². The minimum atomic E-state index is -3.94. The lowest BCUT2D eigenvalue weighted by atomic mass is 10.3. The summed E-state index contributed by atoms with van der Waals surface area (Å²) >= 11 is 11.8. The van der Waals surface area contributed by atoms with E-state index in [4.69, 9.17) is 23.2 Å². The average Bonchev–Trinajstić information content (AvgIpc) is 2.65. The predicted octanol–water partition coefficient (Wildman–Crippen LogP) is 3.67. The van der Waals surface area contributed by atoms with Crippen molar-refractivity contribution in [2.24, 2.45) is 0 Å². The summed E-state index contributed by atoms with van der Waals surface area (Å²) in [5, 5.41) is 3.38. The Labute approximate surface area is 166 Å². The van der Waals surface area contributed by atoms with Gasteiger partial charge in [0.2, 0.25) is 10.0 Å². The van der Waals surface area contributed by atoms with E-state index in [9.17, 15) is 17.6 Å². The van der Waals surface area contributed by atoms with Crippen LogP contribution in [0.5, 0.6) is 0 Å². The van der Waals surface area contributed by atoms with E-state index in [1.54, 1.807) is 12.1 Å². The molecule has 6 nitrogen and oxygen atoms in total. The Balaban J connectivity index is 1.63. The number of rotatable bonds is 3. The zero-order chi connectivity index (χ0) is 19.6. The van der Waals surface area contributed by atoms with Crippen LogP contribution in [-0.2, 0) is 10.0 Å². The maximum atomic E-state index is 13.8. The first-order valence-corrected chi connectivity index (χ1v) is 10.2. The largest absolute Gasteiger partial charge is 0.322 e. The van der Waals surface area contributed by atoms with Crippen LogP contribution in [0.25, 0.3) is 0 Å². The molecule has 1 heterocycles. The number of halogens is 3. The Morgan fingerprint density at radius 3 is 2.30 bits per heavy atom. The van der Waals surface area contributed by atoms with Crippen LogP contribution in [0.15, 0.2) is 47.4 Å². The van der Waals surface area contributed by atoms with Crippen LogP contribution in [0.3, 0.4) is 0 Å². The lowest BCUT2D eigenvalue weighted by Crippen LogP contribution is -2.51. The molecule has 3 rings (SSSR count). The number of benzene rings is 2. The van der Waals surface area contributed by atoms with Gasteiger partial charge in [-0.2, -0.15) is 4.31 Å². The number of amides is 2. The first-order valence-electron chi connectivity index (χ1n) is 8.05. The number of nitrogens with zero attached hydrogens (tertiary/aromatic N) is 2. The van der Waals surface area contributed by atoms with Crippen molar-refractivity contribution in [1.29, 1.82) is 0 Å². The SMILES string of the molecule is O=C(Nc1ccc(Cl)c(Cl)c1)N1CCN(S(=O)(=O)c2ccccc2F)CC1. The molecule has 0 spiro atoms. The summed E-state index contributed by atoms with van der Waals surface area (Å²) in [6.07, 6.45) is 0. The molecule has 2 aromatic carbocycles. The Hall–Kier alpha value is -1.87. The maximum absolute atomic E-state index is 13.8. The number of carbonyl (C=O) groups excluding carboxylic acids is 1. The zero-order valence-corrected chi connectivity index (χ0v) is 16.4. The molecule has 0 atom stereocenters. The van der Waals surface area contributed by atoms with E-state index in [-0.39, 0.29) is 37.1 Å². The van der Waals surface area contributed by atoms with Crippen molar-refractivity contribution in [2.45, 2.75) is 4.90 Å². The second-order valence-electron chi connectivity index (χ2n) is 5.88. The van der Waals surface area contributed by atoms with Crippen molar-refractivity contribution < 1.29 is 17.6 Å². The number of nitrogens with one attached hydrogen (secondary N) is 1. The number of urea groups is 1. The molecule has 0 unspecified atom stereocenters. The number of hydrogen-bond donors (Lipinski definition) is 1. The van der Waals surface area contributed by atoms with Gasteiger partial charge in [0, 0.05) is 31.9 Å². The lowest BCUT2D eigenvalue weighted by molar-refractivity contribution is 0.184. The van der Waals surface area contributed by atoms with E-state index in [1.165, 1.54) is 33.5 Å². The van der Waals surface area contributed by atoms with Crippen LogP contribution in [0, 0.1) is 5.82 Å². The number of anilines is 1. The molecule has 1 aliphatic heterocycles. The molecule has 1 N–H and O–H groups in total. The van der Waals surface area contributed by atoms with Gasteiger partial charge in [0.25, 0.3) is 0 Å². The molecule has 0 radical (unpaired) electrons. The molecular weight excluding hydrogens is 416 g/mol. The third-order valence-corrected chi connectivity index (χ3v) is 6.82. The summed E-state index contributed by atoms with van der Waals surface area (Å²) < 4.78 is 40.2. The van der Waals surface area contributed by atoms with Crippen LogP contribution < -0.4 is 5.32 Å². The first-order chi connectivity index (χ1) is 12.8. The highest BCUT2D eigenvalue weighted by Gasteiger charge is 2.31. The molecule has 27 heavy (non-hydrogen) atoms. The van der Waals surface area contributed by atoms with Crippen molar-refractivity contribution in [3.05, 3.63) is 58.3 Å². The summed E-state index contributed by atoms with van der Waals surface area (Å²) in [7, 11) is -3.94. The van der Waals surface area contributed by atoms with Crippen LogP contribution >= 0.6 is 23.2 Å². The van der Waals surface area contributed by atoms with Gasteiger partial charge >= 0.3 is 6.03 Å². The van der Waals surface area contributed by atoms with Crippen LogP contribution in [0.1, 0.15) is 0 Å². The first kappa shape index (κ1) is 19.9. The van der Waals surface area contributed by atoms with Crippen molar-refractivity contribution >= 4 is 44.9 Å². The second kappa shape index (κ2) is 8.02. The molecule has 2 aromatic rings. The Kier molecular flexibility index (Phi) is 5.90. The Bertz CT molecular complexity index is 964. The van der Waals surface area contributed by atoms with Gasteiger partial charge < -0.3 is 10.2 Å². The number of carbonyl (C=O) groups is 1. The van der Waals surface area contributed by atoms with Gasteiger partial charge in [0.05, 0.1) is 10.0 Å². The third kappa shape index (κ3) is 4.35. The van der Waals surface area contributed by atoms with E-state index in [0.717, 1.165) is 6.07 Å². The van der Waals surface area contributed by atoms with E-state index in [0.29, 0.717) is 15.7 Å². The Morgan fingerprint density at radius 2 is 1.67 bits per heavy atom. The molecular formula is C17H16Cl2FN3O3S. The molecule has 10 heteroatoms. The monoisotopic (exact) mass is 431 g/mol. The van der Waals surface area contributed by atoms with Crippen molar-refractivity contribution in [2.75, 3.05) is 31.5 Å². The predicted molar refractivity (Wildman–Crippen MR) is 102 cm³/mol. The molecule has 0 saturated carbocycles. The highest BCUT2D eigenvalue weighted by atomic mass is 35.5. The molecule has 0 aliphatic carbocycles. The molecule has 0 bridgehead atoms. The van der Waals surface area contributed by atoms with E-state index in [1.807, 2.05) is 0 Å². The molecule has 144 valence electrons. The Morgan fingerprint density at radius 1 is 1.00 bits per heavy atom. The third-order valence-electron chi connectivity index (χ3n) is 4.15. The highest BCUT2D eigenvalue weighted by molar-refractivity contribution is 7.89. The van der Waals surface area contributed by atoms with E-state index < -0.39 is 15.8 Å². The topological polar surface area (TPSA) is 69.7 Å². The minimum Gasteiger partial charge on any atom is -0.322 e. The van der Waals surface area contributed by atoms with Gasteiger partial charge in [0.1, 0.15) is 10.7 Å². The van der Waals surface area contributed by atoms with Crippen LogP contribution in [-0.4, -0.2) is 49.8 Å². The summed E-state index contributed by atoms with van der Waals surface area (Å²) in [5.41, 5.74) is 0.482. The molecule has 1 fully saturated rings. The summed E-state index contributed by atoms with van der Waals surface area (Å²) in [6.45, 7) is 0.512. The summed E-state index contributed by atoms with van der Waals surface area (Å²) in [4.78, 5) is 13.5. The smallest absolute Gasteiger partial charge is 0.321 e. The second-order valence-corrected chi connectivity index (χ2v) is 8.60. The number of hydrogen-bond acceptors (Lipinski definition) is 3. The molecule has 2 amide bonds. The van der Waals surface area contributed by atoms with E-state index >= 15 is 0 Å². The minimum absolute atomic E-state index is 0.0749. The van der Waals surface area contributed by atoms with Crippen LogP contribution in [0.2, 0.25) is 10.0 Å². The van der Waals surface area contributed by atoms with Gasteiger partial charge in [-0.3, -0.25) is 0 Å². The van der Waals surface area contributed by atoms with E-state index in [2.05, 4.69) is 5.32 Å². The normalized spacial score (nSPS) is 15.6. The fourth-order valence-corrected chi connectivity index (χ4v) is 4.49. The standard InChI is InChI=1S/C17H16Cl2FN3O3S/c18-13-6-5-12(11-14(13)19)21-17(24)22-7-9-23(10-8-22)27(25,26)16-4-2-1-3-15(16)20/h1-6,11H,7-10H2,(H,21,24). The lowest BCUT2D eigenvalue weighted by Gasteiger charge is -2.34. The zero-order valence-electron chi connectivity index (χ0n) is 14.0. The number of sulfonamides is 1. The van der Waals surface area contributed by atoms with Crippen LogP contribution in [0.4, 0.5) is 14.9 Å². The summed E-state index contributed by atoms with van der Waals surface area (Å²) in [5.74, 6) is -0.794. The summed E-state index contributed by atoms with van der Waals surface area (Å²) in [6, 6.07) is 9.57. The van der Waals surface area contributed by atoms with Gasteiger partial charge in [-0.25, -0.2) is 17.6 Å². The quantitative estimate of drug-likeness (QED) is 0.805.